The van der Waals surface area contributed by atoms with Gasteiger partial charge in [-0.25, -0.2) is 0 Å². The van der Waals surface area contributed by atoms with Gasteiger partial charge in [0.15, 0.2) is 0 Å². The summed E-state index contributed by atoms with van der Waals surface area (Å²) in [5.41, 5.74) is 9.30. The maximum atomic E-state index is 10.0. The first-order chi connectivity index (χ1) is 20.6. The second-order valence-corrected chi connectivity index (χ2v) is 12.4. The number of benzene rings is 4. The Bertz CT molecular complexity index is 1400. The summed E-state index contributed by atoms with van der Waals surface area (Å²) in [6.45, 7) is 15.2. The molecule has 228 valence electrons. The molecular weight excluding hydrogens is 550 g/mol. The van der Waals surface area contributed by atoms with E-state index in [4.69, 9.17) is 16.4 Å². The highest BCUT2D eigenvalue weighted by atomic mass is 35.5. The highest BCUT2D eigenvalue weighted by Crippen LogP contribution is 2.28. The molecular formula is C39H48ClNO2. The fourth-order valence-corrected chi connectivity index (χ4v) is 5.02. The molecule has 0 bridgehead atoms. The summed E-state index contributed by atoms with van der Waals surface area (Å²) in [5, 5.41) is 15.4. The van der Waals surface area contributed by atoms with Crippen LogP contribution in [0.15, 0.2) is 102 Å². The van der Waals surface area contributed by atoms with Crippen LogP contribution >= 0.6 is 11.6 Å². The van der Waals surface area contributed by atoms with Gasteiger partial charge in [0.05, 0.1) is 11.8 Å². The van der Waals surface area contributed by atoms with E-state index in [0.29, 0.717) is 13.0 Å². The number of nitrogens with zero attached hydrogens (tertiary/aromatic N) is 1. The molecule has 4 aromatic rings. The monoisotopic (exact) mass is 597 g/mol. The van der Waals surface area contributed by atoms with Crippen LogP contribution in [0.1, 0.15) is 88.6 Å². The molecule has 3 nitrogen and oxygen atoms in total. The van der Waals surface area contributed by atoms with Crippen LogP contribution in [0.25, 0.3) is 11.1 Å². The van der Waals surface area contributed by atoms with Crippen LogP contribution < -0.4 is 0 Å². The van der Waals surface area contributed by atoms with Crippen LogP contribution in [0.5, 0.6) is 0 Å². The number of halogens is 1. The van der Waals surface area contributed by atoms with Crippen LogP contribution in [-0.4, -0.2) is 16.9 Å². The molecule has 0 aromatic heterocycles. The van der Waals surface area contributed by atoms with Crippen molar-refractivity contribution in [2.75, 3.05) is 0 Å². The van der Waals surface area contributed by atoms with Crippen molar-refractivity contribution >= 4 is 17.3 Å². The molecule has 0 amide bonds. The average Bonchev–Trinajstić information content (AvgIpc) is 3.02. The molecule has 0 saturated carbocycles. The second-order valence-electron chi connectivity index (χ2n) is 11.9. The minimum atomic E-state index is -0.296. The van der Waals surface area contributed by atoms with E-state index in [1.807, 2.05) is 45.0 Å². The Balaban J connectivity index is 0.00000248. The molecule has 2 atom stereocenters. The van der Waals surface area contributed by atoms with Gasteiger partial charge >= 0.3 is 0 Å². The Labute approximate surface area is 264 Å². The van der Waals surface area contributed by atoms with Crippen molar-refractivity contribution in [1.82, 2.24) is 0 Å². The predicted molar refractivity (Wildman–Crippen MR) is 184 cm³/mol. The van der Waals surface area contributed by atoms with Gasteiger partial charge in [-0.3, -0.25) is 0 Å². The molecule has 0 radical (unpaired) electrons. The SMILES string of the molecule is CC.CCC(O)Cc1ccc(CC(/C(C)=N/OCc2ccc(-c3ccc(Cl)cc3)cc2)c2ccc(C(C)(C)C)cc2)cc1. The van der Waals surface area contributed by atoms with Gasteiger partial charge in [-0.05, 0) is 82.7 Å². The fraction of sp³-hybridized carbons (Fsp3) is 0.359. The minimum Gasteiger partial charge on any atom is -0.393 e. The van der Waals surface area contributed by atoms with Crippen molar-refractivity contribution < 1.29 is 9.94 Å². The summed E-state index contributed by atoms with van der Waals surface area (Å²) in [5.74, 6) is 0.0865. The van der Waals surface area contributed by atoms with Gasteiger partial charge in [0.25, 0.3) is 0 Å². The smallest absolute Gasteiger partial charge is 0.142 e. The maximum absolute atomic E-state index is 10.0. The van der Waals surface area contributed by atoms with E-state index in [1.165, 1.54) is 16.7 Å². The van der Waals surface area contributed by atoms with Crippen molar-refractivity contribution in [2.45, 2.75) is 91.8 Å². The lowest BCUT2D eigenvalue weighted by molar-refractivity contribution is 0.129. The first kappa shape index (κ1) is 34.1. The predicted octanol–water partition coefficient (Wildman–Crippen LogP) is 10.6. The number of rotatable bonds is 11. The molecule has 0 aliphatic rings. The molecule has 4 rings (SSSR count). The van der Waals surface area contributed by atoms with E-state index in [1.54, 1.807) is 0 Å². The molecule has 0 spiro atoms. The lowest BCUT2D eigenvalue weighted by Gasteiger charge is -2.22. The number of aliphatic hydroxyl groups is 1. The van der Waals surface area contributed by atoms with Gasteiger partial charge in [-0.2, -0.15) is 0 Å². The second kappa shape index (κ2) is 16.4. The van der Waals surface area contributed by atoms with Crippen LogP contribution in [0.4, 0.5) is 0 Å². The van der Waals surface area contributed by atoms with Crippen molar-refractivity contribution in [3.05, 3.63) is 130 Å². The Morgan fingerprint density at radius 2 is 1.23 bits per heavy atom. The Morgan fingerprint density at radius 3 is 1.74 bits per heavy atom. The molecule has 0 fully saturated rings. The molecule has 0 aliphatic heterocycles. The van der Waals surface area contributed by atoms with Gasteiger partial charge in [0, 0.05) is 10.9 Å². The fourth-order valence-electron chi connectivity index (χ4n) is 4.89. The van der Waals surface area contributed by atoms with Crippen molar-refractivity contribution in [1.29, 1.82) is 0 Å². The van der Waals surface area contributed by atoms with Crippen LogP contribution in [0.3, 0.4) is 0 Å². The zero-order chi connectivity index (χ0) is 31.4. The standard InChI is InChI=1S/C37H42ClNO2.C2H6/c1-6-35(40)23-27-7-9-28(10-8-27)24-36(32-15-19-33(20-16-32)37(3,4)5)26(2)39-41-25-29-11-13-30(14-12-29)31-17-21-34(38)22-18-31;1-2/h7-22,35-36,40H,6,23-25H2,1-5H3;1-2H3/b39-26+;. The van der Waals surface area contributed by atoms with Crippen molar-refractivity contribution in [3.8, 4) is 11.1 Å². The molecule has 0 aliphatic carbocycles. The molecule has 0 heterocycles. The third-order valence-electron chi connectivity index (χ3n) is 7.66. The van der Waals surface area contributed by atoms with Crippen LogP contribution in [0.2, 0.25) is 5.02 Å². The Kier molecular flexibility index (Phi) is 13.0. The summed E-state index contributed by atoms with van der Waals surface area (Å²) in [7, 11) is 0. The van der Waals surface area contributed by atoms with Crippen LogP contribution in [0, 0.1) is 0 Å². The van der Waals surface area contributed by atoms with Crippen molar-refractivity contribution in [2.24, 2.45) is 5.16 Å². The number of hydrogen-bond acceptors (Lipinski definition) is 3. The summed E-state index contributed by atoms with van der Waals surface area (Å²) < 4.78 is 0. The Hall–Kier alpha value is -3.40. The molecule has 0 saturated heterocycles. The first-order valence-electron chi connectivity index (χ1n) is 15.5. The minimum absolute atomic E-state index is 0.0865. The summed E-state index contributed by atoms with van der Waals surface area (Å²) in [6, 6.07) is 33.7. The molecule has 43 heavy (non-hydrogen) atoms. The zero-order valence-electron chi connectivity index (χ0n) is 26.9. The molecule has 1 N–H and O–H groups in total. The third-order valence-corrected chi connectivity index (χ3v) is 7.91. The normalized spacial score (nSPS) is 13.1. The number of hydrogen-bond donors (Lipinski definition) is 1. The molecule has 4 heteroatoms. The molecule has 2 unspecified atom stereocenters. The number of oxime groups is 1. The van der Waals surface area contributed by atoms with E-state index in [2.05, 4.69) is 106 Å². The van der Waals surface area contributed by atoms with Gasteiger partial charge in [-0.1, -0.05) is 143 Å². The van der Waals surface area contributed by atoms with E-state index in [-0.39, 0.29) is 17.4 Å². The lowest BCUT2D eigenvalue weighted by Crippen LogP contribution is -2.15. The van der Waals surface area contributed by atoms with Gasteiger partial charge in [0.2, 0.25) is 0 Å². The zero-order valence-corrected chi connectivity index (χ0v) is 27.7. The average molecular weight is 598 g/mol. The van der Waals surface area contributed by atoms with E-state index in [0.717, 1.165) is 45.8 Å². The van der Waals surface area contributed by atoms with E-state index >= 15 is 0 Å². The highest BCUT2D eigenvalue weighted by molar-refractivity contribution is 6.30. The number of aliphatic hydroxyl groups excluding tert-OH is 1. The highest BCUT2D eigenvalue weighted by Gasteiger charge is 2.19. The lowest BCUT2D eigenvalue weighted by atomic mass is 9.83. The summed E-state index contributed by atoms with van der Waals surface area (Å²) >= 11 is 6.03. The van der Waals surface area contributed by atoms with E-state index in [9.17, 15) is 5.11 Å². The third kappa shape index (κ3) is 10.4. The topological polar surface area (TPSA) is 41.8 Å². The van der Waals surface area contributed by atoms with Gasteiger partial charge in [0.1, 0.15) is 6.61 Å². The molecule has 4 aromatic carbocycles. The summed E-state index contributed by atoms with van der Waals surface area (Å²) in [6.07, 6.45) is 1.97. The van der Waals surface area contributed by atoms with Gasteiger partial charge < -0.3 is 9.94 Å². The summed E-state index contributed by atoms with van der Waals surface area (Å²) in [4.78, 5) is 5.88. The van der Waals surface area contributed by atoms with Crippen LogP contribution in [-0.2, 0) is 29.7 Å². The first-order valence-corrected chi connectivity index (χ1v) is 15.9. The van der Waals surface area contributed by atoms with Gasteiger partial charge in [-0.15, -0.1) is 0 Å². The maximum Gasteiger partial charge on any atom is 0.142 e. The van der Waals surface area contributed by atoms with Crippen molar-refractivity contribution in [3.63, 3.8) is 0 Å². The quantitative estimate of drug-likeness (QED) is 0.138. The Morgan fingerprint density at radius 1 is 0.744 bits per heavy atom. The van der Waals surface area contributed by atoms with E-state index < -0.39 is 0 Å². The largest absolute Gasteiger partial charge is 0.393 e.